The lowest BCUT2D eigenvalue weighted by atomic mass is 9.94. The van der Waals surface area contributed by atoms with Crippen molar-refractivity contribution in [3.8, 4) is 0 Å². The topological polar surface area (TPSA) is 26.7 Å². The molecule has 2 rings (SSSR count). The highest BCUT2D eigenvalue weighted by Crippen LogP contribution is 2.22. The highest BCUT2D eigenvalue weighted by atomic mass is 16.3. The Hall–Kier alpha value is -0.120. The van der Waals surface area contributed by atoms with Gasteiger partial charge in [0.1, 0.15) is 0 Å². The van der Waals surface area contributed by atoms with Crippen LogP contribution in [0.25, 0.3) is 0 Å². The predicted octanol–water partition coefficient (Wildman–Crippen LogP) is 0.785. The van der Waals surface area contributed by atoms with Crippen molar-refractivity contribution < 1.29 is 5.11 Å². The molecular weight excluding hydrogens is 188 g/mol. The second kappa shape index (κ2) is 5.28. The number of nitrogens with zero attached hydrogens (tertiary/aromatic N) is 2. The molecule has 0 amide bonds. The summed E-state index contributed by atoms with van der Waals surface area (Å²) in [4.78, 5) is 5.08. The van der Waals surface area contributed by atoms with Gasteiger partial charge in [-0.1, -0.05) is 0 Å². The molecular formula is C12H24N2O. The largest absolute Gasteiger partial charge is 0.396 e. The quantitative estimate of drug-likeness (QED) is 0.733. The maximum absolute atomic E-state index is 9.10. The Morgan fingerprint density at radius 1 is 1.00 bits per heavy atom. The lowest BCUT2D eigenvalue weighted by Crippen LogP contribution is -2.47. The van der Waals surface area contributed by atoms with E-state index in [0.29, 0.717) is 12.5 Å². The Morgan fingerprint density at radius 2 is 1.60 bits per heavy atom. The lowest BCUT2D eigenvalue weighted by Gasteiger charge is -2.40. The summed E-state index contributed by atoms with van der Waals surface area (Å²) in [6.45, 7) is 5.32. The van der Waals surface area contributed by atoms with E-state index < -0.39 is 0 Å². The zero-order valence-electron chi connectivity index (χ0n) is 9.86. The fourth-order valence-electron chi connectivity index (χ4n) is 2.86. The summed E-state index contributed by atoms with van der Waals surface area (Å²) in [6, 6.07) is 0.820. The van der Waals surface area contributed by atoms with Crippen molar-refractivity contribution in [2.45, 2.75) is 31.7 Å². The molecule has 15 heavy (non-hydrogen) atoms. The molecule has 2 heterocycles. The molecule has 0 aliphatic carbocycles. The van der Waals surface area contributed by atoms with Crippen molar-refractivity contribution in [1.29, 1.82) is 0 Å². The van der Waals surface area contributed by atoms with E-state index in [1.165, 1.54) is 51.9 Å². The SMILES string of the molecule is CN1CCC(N2CCC(CO)CC2)CC1. The van der Waals surface area contributed by atoms with E-state index >= 15 is 0 Å². The van der Waals surface area contributed by atoms with Crippen molar-refractivity contribution in [3.63, 3.8) is 0 Å². The summed E-state index contributed by atoms with van der Waals surface area (Å²) in [5.74, 6) is 0.576. The van der Waals surface area contributed by atoms with Gasteiger partial charge in [0, 0.05) is 12.6 Å². The summed E-state index contributed by atoms with van der Waals surface area (Å²) >= 11 is 0. The fraction of sp³-hybridized carbons (Fsp3) is 1.00. The van der Waals surface area contributed by atoms with Gasteiger partial charge in [0.15, 0.2) is 0 Å². The maximum atomic E-state index is 9.10. The number of rotatable bonds is 2. The molecule has 0 bridgehead atoms. The Labute approximate surface area is 93.1 Å². The van der Waals surface area contributed by atoms with Crippen molar-refractivity contribution in [1.82, 2.24) is 9.80 Å². The van der Waals surface area contributed by atoms with Crippen LogP contribution in [0.5, 0.6) is 0 Å². The zero-order chi connectivity index (χ0) is 10.7. The van der Waals surface area contributed by atoms with Crippen LogP contribution in [-0.2, 0) is 0 Å². The van der Waals surface area contributed by atoms with Crippen LogP contribution in [0.1, 0.15) is 25.7 Å². The molecule has 0 atom stereocenters. The van der Waals surface area contributed by atoms with E-state index in [1.54, 1.807) is 0 Å². The first-order valence-corrected chi connectivity index (χ1v) is 6.33. The fourth-order valence-corrected chi connectivity index (χ4v) is 2.86. The monoisotopic (exact) mass is 212 g/mol. The van der Waals surface area contributed by atoms with Gasteiger partial charge in [-0.15, -0.1) is 0 Å². The smallest absolute Gasteiger partial charge is 0.0460 e. The normalized spacial score (nSPS) is 28.4. The maximum Gasteiger partial charge on any atom is 0.0460 e. The van der Waals surface area contributed by atoms with Crippen molar-refractivity contribution in [2.75, 3.05) is 39.8 Å². The van der Waals surface area contributed by atoms with E-state index in [2.05, 4.69) is 16.8 Å². The predicted molar refractivity (Wildman–Crippen MR) is 61.9 cm³/mol. The molecule has 0 aromatic rings. The molecule has 2 fully saturated rings. The molecule has 0 radical (unpaired) electrons. The summed E-state index contributed by atoms with van der Waals surface area (Å²) in [5.41, 5.74) is 0. The van der Waals surface area contributed by atoms with Gasteiger partial charge < -0.3 is 14.9 Å². The molecule has 2 aliphatic heterocycles. The van der Waals surface area contributed by atoms with Crippen molar-refractivity contribution in [3.05, 3.63) is 0 Å². The van der Waals surface area contributed by atoms with E-state index in [9.17, 15) is 0 Å². The molecule has 0 aromatic carbocycles. The van der Waals surface area contributed by atoms with Crippen LogP contribution in [-0.4, -0.2) is 60.8 Å². The second-order valence-electron chi connectivity index (χ2n) is 5.20. The van der Waals surface area contributed by atoms with Crippen LogP contribution in [0.3, 0.4) is 0 Å². The minimum Gasteiger partial charge on any atom is -0.396 e. The first-order valence-electron chi connectivity index (χ1n) is 6.33. The van der Waals surface area contributed by atoms with E-state index in [-0.39, 0.29) is 0 Å². The standard InChI is InChI=1S/C12H24N2O/c1-13-6-4-12(5-7-13)14-8-2-11(10-15)3-9-14/h11-12,15H,2-10H2,1H3. The summed E-state index contributed by atoms with van der Waals surface area (Å²) in [6.07, 6.45) is 5.06. The highest BCUT2D eigenvalue weighted by molar-refractivity contribution is 4.82. The first kappa shape index (κ1) is 11.4. The third-order valence-corrected chi connectivity index (χ3v) is 4.11. The lowest BCUT2D eigenvalue weighted by molar-refractivity contribution is 0.0694. The van der Waals surface area contributed by atoms with Gasteiger partial charge in [-0.05, 0) is 64.8 Å². The Balaban J connectivity index is 1.75. The van der Waals surface area contributed by atoms with Crippen LogP contribution in [0.2, 0.25) is 0 Å². The molecule has 3 heteroatoms. The van der Waals surface area contributed by atoms with Gasteiger partial charge >= 0.3 is 0 Å². The van der Waals surface area contributed by atoms with E-state index in [0.717, 1.165) is 6.04 Å². The third-order valence-electron chi connectivity index (χ3n) is 4.11. The molecule has 2 saturated heterocycles. The van der Waals surface area contributed by atoms with Gasteiger partial charge in [0.05, 0.1) is 0 Å². The molecule has 0 aromatic heterocycles. The molecule has 88 valence electrons. The minimum atomic E-state index is 0.390. The van der Waals surface area contributed by atoms with E-state index in [4.69, 9.17) is 5.11 Å². The van der Waals surface area contributed by atoms with Crippen LogP contribution in [0.4, 0.5) is 0 Å². The van der Waals surface area contributed by atoms with Crippen LogP contribution in [0, 0.1) is 5.92 Å². The molecule has 1 N–H and O–H groups in total. The van der Waals surface area contributed by atoms with Crippen molar-refractivity contribution in [2.24, 2.45) is 5.92 Å². The number of hydrogen-bond donors (Lipinski definition) is 1. The molecule has 2 aliphatic rings. The van der Waals surface area contributed by atoms with Crippen LogP contribution in [0.15, 0.2) is 0 Å². The van der Waals surface area contributed by atoms with Gasteiger partial charge in [0.2, 0.25) is 0 Å². The number of piperidine rings is 2. The number of aliphatic hydroxyl groups is 1. The average Bonchev–Trinajstić information content (AvgIpc) is 2.30. The van der Waals surface area contributed by atoms with E-state index in [1.807, 2.05) is 0 Å². The molecule has 0 unspecified atom stereocenters. The van der Waals surface area contributed by atoms with Crippen LogP contribution >= 0.6 is 0 Å². The number of aliphatic hydroxyl groups excluding tert-OH is 1. The Morgan fingerprint density at radius 3 is 2.13 bits per heavy atom. The first-order chi connectivity index (χ1) is 7.29. The van der Waals surface area contributed by atoms with Crippen molar-refractivity contribution >= 4 is 0 Å². The minimum absolute atomic E-state index is 0.390. The number of hydrogen-bond acceptors (Lipinski definition) is 3. The summed E-state index contributed by atoms with van der Waals surface area (Å²) in [7, 11) is 2.22. The molecule has 0 saturated carbocycles. The summed E-state index contributed by atoms with van der Waals surface area (Å²) in [5, 5.41) is 9.10. The third kappa shape index (κ3) is 2.92. The number of likely N-dealkylation sites (tertiary alicyclic amines) is 2. The zero-order valence-corrected chi connectivity index (χ0v) is 9.86. The Bertz CT molecular complexity index is 182. The van der Waals surface area contributed by atoms with Gasteiger partial charge in [0.25, 0.3) is 0 Å². The van der Waals surface area contributed by atoms with Gasteiger partial charge in [-0.3, -0.25) is 0 Å². The molecule has 0 spiro atoms. The summed E-state index contributed by atoms with van der Waals surface area (Å²) < 4.78 is 0. The second-order valence-corrected chi connectivity index (χ2v) is 5.20. The van der Waals surface area contributed by atoms with Gasteiger partial charge in [-0.2, -0.15) is 0 Å². The molecule has 3 nitrogen and oxygen atoms in total. The highest BCUT2D eigenvalue weighted by Gasteiger charge is 2.26. The van der Waals surface area contributed by atoms with Crippen LogP contribution < -0.4 is 0 Å². The average molecular weight is 212 g/mol. The Kier molecular flexibility index (Phi) is 4.00. The van der Waals surface area contributed by atoms with Gasteiger partial charge in [-0.25, -0.2) is 0 Å².